The van der Waals surface area contributed by atoms with E-state index in [0.29, 0.717) is 17.0 Å². The molecule has 38 heavy (non-hydrogen) atoms. The van der Waals surface area contributed by atoms with Gasteiger partial charge in [0.2, 0.25) is 5.95 Å². The van der Waals surface area contributed by atoms with E-state index in [1.54, 1.807) is 51.2 Å². The van der Waals surface area contributed by atoms with Gasteiger partial charge >= 0.3 is 13.7 Å². The topological polar surface area (TPSA) is 165 Å². The molecule has 2 aromatic heterocycles. The van der Waals surface area contributed by atoms with Crippen molar-refractivity contribution in [1.82, 2.24) is 24.6 Å². The van der Waals surface area contributed by atoms with Crippen LogP contribution in [0.5, 0.6) is 5.75 Å². The highest BCUT2D eigenvalue weighted by atomic mass is 31.2. The molecule has 0 radical (unpaired) electrons. The molecule has 5 atom stereocenters. The van der Waals surface area contributed by atoms with Gasteiger partial charge in [-0.25, -0.2) is 13.9 Å². The lowest BCUT2D eigenvalue weighted by Crippen LogP contribution is -2.36. The number of esters is 1. The van der Waals surface area contributed by atoms with E-state index in [2.05, 4.69) is 25.4 Å². The molecule has 3 aromatic rings. The number of hydrogen-bond acceptors (Lipinski definition) is 11. The van der Waals surface area contributed by atoms with Crippen molar-refractivity contribution >= 4 is 36.6 Å². The number of alkyl halides is 1. The van der Waals surface area contributed by atoms with E-state index >= 15 is 4.39 Å². The van der Waals surface area contributed by atoms with Crippen LogP contribution in [0.15, 0.2) is 36.7 Å². The second-order valence-electron chi connectivity index (χ2n) is 8.94. The van der Waals surface area contributed by atoms with E-state index in [4.69, 9.17) is 24.3 Å². The first-order chi connectivity index (χ1) is 18.1. The highest BCUT2D eigenvalue weighted by Crippen LogP contribution is 2.46. The Balaban J connectivity index is 1.48. The zero-order valence-corrected chi connectivity index (χ0v) is 22.3. The molecule has 1 saturated heterocycles. The van der Waals surface area contributed by atoms with Gasteiger partial charge in [-0.15, -0.1) is 0 Å². The second kappa shape index (κ2) is 11.6. The normalized spacial score (nSPS) is 21.8. The summed E-state index contributed by atoms with van der Waals surface area (Å²) < 4.78 is 52.5. The number of ether oxygens (including phenoxy) is 2. The predicted molar refractivity (Wildman–Crippen MR) is 137 cm³/mol. The van der Waals surface area contributed by atoms with Gasteiger partial charge in [-0.1, -0.05) is 18.2 Å². The minimum absolute atomic E-state index is 0.00734. The fourth-order valence-electron chi connectivity index (χ4n) is 3.86. The average molecular weight is 552 g/mol. The van der Waals surface area contributed by atoms with Crippen molar-refractivity contribution in [2.45, 2.75) is 57.8 Å². The van der Waals surface area contributed by atoms with Gasteiger partial charge in [-0.3, -0.25) is 13.9 Å². The molecule has 0 spiro atoms. The SMILES string of the molecule is CNc1nc(N)nc2c1ncn2[C@@H]1O[C@H](COP(=O)(N[C@@H](C)C(=O)OC(C)C)Oc2ccccc2)C[C@@H]1F. The maximum Gasteiger partial charge on any atom is 0.459 e. The number of anilines is 2. The summed E-state index contributed by atoms with van der Waals surface area (Å²) in [5.74, 6) is 0.0151. The number of carbonyl (C=O) groups is 1. The van der Waals surface area contributed by atoms with Crippen molar-refractivity contribution in [3.8, 4) is 5.75 Å². The number of nitrogens with zero attached hydrogens (tertiary/aromatic N) is 4. The molecule has 1 aliphatic heterocycles. The molecule has 1 aliphatic rings. The van der Waals surface area contributed by atoms with Gasteiger partial charge in [0.05, 0.1) is 25.1 Å². The summed E-state index contributed by atoms with van der Waals surface area (Å²) in [7, 11) is -2.46. The van der Waals surface area contributed by atoms with E-state index in [1.165, 1.54) is 17.8 Å². The number of halogens is 1. The monoisotopic (exact) mass is 551 g/mol. The van der Waals surface area contributed by atoms with Crippen molar-refractivity contribution in [2.75, 3.05) is 24.7 Å². The van der Waals surface area contributed by atoms with Crippen molar-refractivity contribution in [1.29, 1.82) is 0 Å². The fourth-order valence-corrected chi connectivity index (χ4v) is 5.38. The number of aromatic nitrogens is 4. The van der Waals surface area contributed by atoms with E-state index in [0.717, 1.165) is 0 Å². The standard InChI is InChI=1S/C23H31FN7O6P/c1-13(2)35-22(32)14(3)30-38(33,37-15-8-6-5-7-9-15)34-11-16-10-17(24)21(36-16)31-12-27-18-19(26-4)28-23(25)29-20(18)31/h5-9,12-14,16-17,21H,10-11H2,1-4H3,(H,30,33)(H3,25,26,28,29)/t14-,16-,17-,21+,38?/m0/s1. The summed E-state index contributed by atoms with van der Waals surface area (Å²) in [4.78, 5) is 24.8. The number of benzene rings is 1. The molecular formula is C23H31FN7O6P. The van der Waals surface area contributed by atoms with Crippen LogP contribution in [0.4, 0.5) is 16.2 Å². The lowest BCUT2D eigenvalue weighted by atomic mass is 10.2. The number of nitrogen functional groups attached to an aromatic ring is 1. The van der Waals surface area contributed by atoms with Crippen LogP contribution < -0.4 is 20.7 Å². The number of para-hydroxylation sites is 1. The summed E-state index contributed by atoms with van der Waals surface area (Å²) in [6.07, 6.45) is -2.33. The second-order valence-corrected chi connectivity index (χ2v) is 10.6. The number of hydrogen-bond donors (Lipinski definition) is 3. The molecular weight excluding hydrogens is 520 g/mol. The van der Waals surface area contributed by atoms with E-state index < -0.39 is 38.3 Å². The highest BCUT2D eigenvalue weighted by molar-refractivity contribution is 7.52. The predicted octanol–water partition coefficient (Wildman–Crippen LogP) is 3.21. The van der Waals surface area contributed by atoms with Gasteiger partial charge in [-0.2, -0.15) is 15.1 Å². The van der Waals surface area contributed by atoms with Gasteiger partial charge in [0.1, 0.15) is 18.0 Å². The smallest absolute Gasteiger partial charge is 0.459 e. The molecule has 13 nitrogen and oxygen atoms in total. The Hall–Kier alpha value is -3.32. The van der Waals surface area contributed by atoms with E-state index in [-0.39, 0.29) is 30.8 Å². The number of fused-ring (bicyclic) bond motifs is 1. The third kappa shape index (κ3) is 6.38. The van der Waals surface area contributed by atoms with Crippen LogP contribution in [0.3, 0.4) is 0 Å². The van der Waals surface area contributed by atoms with Crippen LogP contribution in [0.25, 0.3) is 11.2 Å². The Morgan fingerprint density at radius 2 is 2.03 bits per heavy atom. The number of rotatable bonds is 11. The first-order valence-corrected chi connectivity index (χ1v) is 13.6. The molecule has 206 valence electrons. The van der Waals surface area contributed by atoms with Crippen LogP contribution >= 0.6 is 7.75 Å². The lowest BCUT2D eigenvalue weighted by Gasteiger charge is -2.24. The third-order valence-corrected chi connectivity index (χ3v) is 7.18. The zero-order valence-electron chi connectivity index (χ0n) is 21.4. The summed E-state index contributed by atoms with van der Waals surface area (Å²) >= 11 is 0. The highest BCUT2D eigenvalue weighted by Gasteiger charge is 2.40. The lowest BCUT2D eigenvalue weighted by molar-refractivity contribution is -0.149. The number of nitrogens with one attached hydrogen (secondary N) is 2. The molecule has 0 bridgehead atoms. The number of imidazole rings is 1. The Kier molecular flexibility index (Phi) is 8.46. The van der Waals surface area contributed by atoms with Crippen LogP contribution in [-0.4, -0.2) is 63.6 Å². The van der Waals surface area contributed by atoms with E-state index in [9.17, 15) is 9.36 Å². The van der Waals surface area contributed by atoms with Crippen molar-refractivity contribution in [3.05, 3.63) is 36.7 Å². The molecule has 0 amide bonds. The Bertz CT molecular complexity index is 1310. The fraction of sp³-hybridized carbons (Fsp3) is 0.478. The third-order valence-electron chi connectivity index (χ3n) is 5.54. The average Bonchev–Trinajstić information content (AvgIpc) is 3.45. The first-order valence-electron chi connectivity index (χ1n) is 12.0. The van der Waals surface area contributed by atoms with Crippen molar-refractivity contribution in [2.24, 2.45) is 0 Å². The zero-order chi connectivity index (χ0) is 27.4. The van der Waals surface area contributed by atoms with Crippen LogP contribution in [0.1, 0.15) is 33.4 Å². The summed E-state index contributed by atoms with van der Waals surface area (Å²) in [5.41, 5.74) is 6.50. The molecule has 1 aromatic carbocycles. The maximum absolute atomic E-state index is 15.1. The van der Waals surface area contributed by atoms with Crippen LogP contribution in [0, 0.1) is 0 Å². The summed E-state index contributed by atoms with van der Waals surface area (Å²) in [6.45, 7) is 4.59. The minimum atomic E-state index is -4.12. The van der Waals surface area contributed by atoms with Gasteiger partial charge in [-0.05, 0) is 32.9 Å². The number of carbonyl (C=O) groups excluding carboxylic acids is 1. The summed E-state index contributed by atoms with van der Waals surface area (Å²) in [5, 5.41) is 5.48. The molecule has 1 fully saturated rings. The van der Waals surface area contributed by atoms with Gasteiger partial charge in [0.25, 0.3) is 0 Å². The van der Waals surface area contributed by atoms with Gasteiger partial charge in [0, 0.05) is 13.5 Å². The molecule has 3 heterocycles. The van der Waals surface area contributed by atoms with Gasteiger partial charge in [0.15, 0.2) is 23.2 Å². The molecule has 4 rings (SSSR count). The van der Waals surface area contributed by atoms with Gasteiger partial charge < -0.3 is 25.0 Å². The minimum Gasteiger partial charge on any atom is -0.462 e. The van der Waals surface area contributed by atoms with Crippen molar-refractivity contribution in [3.63, 3.8) is 0 Å². The van der Waals surface area contributed by atoms with E-state index in [1.807, 2.05) is 0 Å². The van der Waals surface area contributed by atoms with Crippen molar-refractivity contribution < 1.29 is 32.3 Å². The molecule has 15 heteroatoms. The Morgan fingerprint density at radius 1 is 1.29 bits per heavy atom. The molecule has 4 N–H and O–H groups in total. The molecule has 0 aliphatic carbocycles. The van der Waals surface area contributed by atoms with Crippen LogP contribution in [-0.2, 0) is 23.4 Å². The molecule has 0 saturated carbocycles. The summed E-state index contributed by atoms with van der Waals surface area (Å²) in [6, 6.07) is 7.32. The van der Waals surface area contributed by atoms with Crippen LogP contribution in [0.2, 0.25) is 0 Å². The Morgan fingerprint density at radius 3 is 2.71 bits per heavy atom. The quantitative estimate of drug-likeness (QED) is 0.236. The first kappa shape index (κ1) is 27.7. The largest absolute Gasteiger partial charge is 0.462 e. The maximum atomic E-state index is 15.1. The Labute approximate surface area is 218 Å². The molecule has 1 unspecified atom stereocenters. The number of nitrogens with two attached hydrogens (primary N) is 1.